The van der Waals surface area contributed by atoms with E-state index < -0.39 is 17.8 Å². The Kier molecular flexibility index (Phi) is 4.94. The molecule has 132 valence electrons. The molecule has 25 heavy (non-hydrogen) atoms. The number of rotatable bonds is 3. The van der Waals surface area contributed by atoms with Gasteiger partial charge in [0.15, 0.2) is 0 Å². The van der Waals surface area contributed by atoms with E-state index in [4.69, 9.17) is 4.74 Å². The van der Waals surface area contributed by atoms with Gasteiger partial charge in [-0.3, -0.25) is 0 Å². The van der Waals surface area contributed by atoms with Crippen LogP contribution < -0.4 is 10.6 Å². The Balaban J connectivity index is 1.52. The number of halogens is 3. The van der Waals surface area contributed by atoms with Crippen LogP contribution in [-0.2, 0) is 23.9 Å². The highest BCUT2D eigenvalue weighted by atomic mass is 19.4. The molecule has 2 aromatic rings. The number of fused-ring (bicyclic) bond motifs is 1. The van der Waals surface area contributed by atoms with Gasteiger partial charge < -0.3 is 15.4 Å². The number of hydrogen-bond acceptors (Lipinski definition) is 2. The third-order valence-corrected chi connectivity index (χ3v) is 3.98. The molecule has 1 heterocycles. The molecule has 2 N–H and O–H groups in total. The van der Waals surface area contributed by atoms with Crippen molar-refractivity contribution >= 4 is 11.7 Å². The molecular formula is C18H17F3N2O2. The quantitative estimate of drug-likeness (QED) is 0.880. The van der Waals surface area contributed by atoms with Gasteiger partial charge in [-0.05, 0) is 29.3 Å². The molecule has 0 aromatic heterocycles. The van der Waals surface area contributed by atoms with Crippen molar-refractivity contribution in [2.75, 3.05) is 11.9 Å². The van der Waals surface area contributed by atoms with Gasteiger partial charge in [-0.1, -0.05) is 30.3 Å². The summed E-state index contributed by atoms with van der Waals surface area (Å²) >= 11 is 0. The zero-order valence-corrected chi connectivity index (χ0v) is 13.3. The summed E-state index contributed by atoms with van der Waals surface area (Å²) in [6, 6.07) is 11.9. The zero-order valence-electron chi connectivity index (χ0n) is 13.3. The third kappa shape index (κ3) is 4.51. The number of hydrogen-bond donors (Lipinski definition) is 2. The van der Waals surface area contributed by atoms with E-state index in [0.717, 1.165) is 17.7 Å². The van der Waals surface area contributed by atoms with Crippen molar-refractivity contribution in [2.45, 2.75) is 25.3 Å². The number of carbonyl (C=O) groups is 1. The smallest absolute Gasteiger partial charge is 0.371 e. The number of benzene rings is 2. The Morgan fingerprint density at radius 3 is 2.64 bits per heavy atom. The predicted molar refractivity (Wildman–Crippen MR) is 87.2 cm³/mol. The minimum atomic E-state index is -4.45. The van der Waals surface area contributed by atoms with Gasteiger partial charge >= 0.3 is 12.2 Å². The van der Waals surface area contributed by atoms with E-state index in [0.29, 0.717) is 13.0 Å². The van der Waals surface area contributed by atoms with Crippen LogP contribution in [0.5, 0.6) is 0 Å². The first kappa shape index (κ1) is 17.3. The van der Waals surface area contributed by atoms with E-state index in [1.165, 1.54) is 17.7 Å². The van der Waals surface area contributed by atoms with Crippen LogP contribution in [0.3, 0.4) is 0 Å². The van der Waals surface area contributed by atoms with Gasteiger partial charge in [0.25, 0.3) is 0 Å². The van der Waals surface area contributed by atoms with Crippen molar-refractivity contribution in [1.29, 1.82) is 0 Å². The van der Waals surface area contributed by atoms with Crippen LogP contribution >= 0.6 is 0 Å². The van der Waals surface area contributed by atoms with Crippen LogP contribution in [0, 0.1) is 0 Å². The molecule has 0 fully saturated rings. The molecule has 1 aliphatic heterocycles. The lowest BCUT2D eigenvalue weighted by Crippen LogP contribution is -2.38. The lowest BCUT2D eigenvalue weighted by Gasteiger charge is -2.25. The van der Waals surface area contributed by atoms with E-state index in [1.807, 2.05) is 24.3 Å². The van der Waals surface area contributed by atoms with Crippen LogP contribution in [0.25, 0.3) is 0 Å². The molecule has 7 heteroatoms. The van der Waals surface area contributed by atoms with Crippen LogP contribution in [0.2, 0.25) is 0 Å². The Labute approximate surface area is 143 Å². The standard InChI is InChI=1S/C18H17F3N2O2/c19-18(20,21)14-6-3-7-15(9-14)23-17(24)22-10-16-8-12-4-1-2-5-13(12)11-25-16/h1-7,9,16H,8,10-11H2,(H2,22,23,24). The zero-order chi connectivity index (χ0) is 17.9. The highest BCUT2D eigenvalue weighted by Crippen LogP contribution is 2.30. The molecule has 1 aliphatic rings. The van der Waals surface area contributed by atoms with Gasteiger partial charge in [0.1, 0.15) is 0 Å². The minimum absolute atomic E-state index is 0.0854. The van der Waals surface area contributed by atoms with Crippen molar-refractivity contribution in [2.24, 2.45) is 0 Å². The second-order valence-corrected chi connectivity index (χ2v) is 5.82. The molecular weight excluding hydrogens is 333 g/mol. The van der Waals surface area contributed by atoms with Crippen molar-refractivity contribution in [3.05, 3.63) is 65.2 Å². The van der Waals surface area contributed by atoms with E-state index >= 15 is 0 Å². The van der Waals surface area contributed by atoms with Crippen molar-refractivity contribution < 1.29 is 22.7 Å². The summed E-state index contributed by atoms with van der Waals surface area (Å²) in [5.41, 5.74) is 1.59. The first-order valence-corrected chi connectivity index (χ1v) is 7.82. The molecule has 0 aliphatic carbocycles. The third-order valence-electron chi connectivity index (χ3n) is 3.98. The Morgan fingerprint density at radius 1 is 1.12 bits per heavy atom. The molecule has 0 bridgehead atoms. The van der Waals surface area contributed by atoms with Crippen molar-refractivity contribution in [3.8, 4) is 0 Å². The van der Waals surface area contributed by atoms with Crippen LogP contribution in [0.4, 0.5) is 23.7 Å². The van der Waals surface area contributed by atoms with Gasteiger partial charge in [0, 0.05) is 18.7 Å². The normalized spacial score (nSPS) is 16.8. The minimum Gasteiger partial charge on any atom is -0.371 e. The number of carbonyl (C=O) groups excluding carboxylic acids is 1. The van der Waals surface area contributed by atoms with Gasteiger partial charge in [-0.25, -0.2) is 4.79 Å². The van der Waals surface area contributed by atoms with Gasteiger partial charge in [-0.15, -0.1) is 0 Å². The van der Waals surface area contributed by atoms with Crippen LogP contribution in [0.1, 0.15) is 16.7 Å². The van der Waals surface area contributed by atoms with Gasteiger partial charge in [-0.2, -0.15) is 13.2 Å². The summed E-state index contributed by atoms with van der Waals surface area (Å²) in [5, 5.41) is 5.04. The first-order chi connectivity index (χ1) is 11.9. The summed E-state index contributed by atoms with van der Waals surface area (Å²) in [7, 11) is 0. The average Bonchev–Trinajstić information content (AvgIpc) is 2.59. The second-order valence-electron chi connectivity index (χ2n) is 5.82. The molecule has 0 saturated carbocycles. The van der Waals surface area contributed by atoms with E-state index in [9.17, 15) is 18.0 Å². The summed E-state index contributed by atoms with van der Waals surface area (Å²) in [4.78, 5) is 11.9. The highest BCUT2D eigenvalue weighted by molar-refractivity contribution is 5.89. The van der Waals surface area contributed by atoms with Gasteiger partial charge in [0.05, 0.1) is 18.3 Å². The molecule has 4 nitrogen and oxygen atoms in total. The van der Waals surface area contributed by atoms with E-state index in [-0.39, 0.29) is 18.3 Å². The van der Waals surface area contributed by atoms with Crippen molar-refractivity contribution in [3.63, 3.8) is 0 Å². The van der Waals surface area contributed by atoms with Crippen LogP contribution in [0.15, 0.2) is 48.5 Å². The lowest BCUT2D eigenvalue weighted by atomic mass is 9.99. The summed E-state index contributed by atoms with van der Waals surface area (Å²) < 4.78 is 43.7. The fraction of sp³-hybridized carbons (Fsp3) is 0.278. The molecule has 0 radical (unpaired) electrons. The number of nitrogens with one attached hydrogen (secondary N) is 2. The molecule has 1 unspecified atom stereocenters. The Morgan fingerprint density at radius 2 is 1.88 bits per heavy atom. The maximum Gasteiger partial charge on any atom is 0.416 e. The number of amides is 2. The molecule has 0 saturated heterocycles. The number of ether oxygens (including phenoxy) is 1. The predicted octanol–water partition coefficient (Wildman–Crippen LogP) is 3.97. The SMILES string of the molecule is O=C(NCC1Cc2ccccc2CO1)Nc1cccc(C(F)(F)F)c1. The fourth-order valence-corrected chi connectivity index (χ4v) is 2.70. The van der Waals surface area contributed by atoms with Gasteiger partial charge in [0.2, 0.25) is 0 Å². The molecule has 0 spiro atoms. The monoisotopic (exact) mass is 350 g/mol. The average molecular weight is 350 g/mol. The van der Waals surface area contributed by atoms with Crippen LogP contribution in [-0.4, -0.2) is 18.7 Å². The fourth-order valence-electron chi connectivity index (χ4n) is 2.70. The summed E-state index contributed by atoms with van der Waals surface area (Å²) in [5.74, 6) is 0. The van der Waals surface area contributed by atoms with Crippen molar-refractivity contribution in [1.82, 2.24) is 5.32 Å². The Bertz CT molecular complexity index is 762. The second kappa shape index (κ2) is 7.14. The number of alkyl halides is 3. The molecule has 1 atom stereocenters. The Hall–Kier alpha value is -2.54. The lowest BCUT2D eigenvalue weighted by molar-refractivity contribution is -0.137. The molecule has 3 rings (SSSR count). The van der Waals surface area contributed by atoms with E-state index in [2.05, 4.69) is 10.6 Å². The topological polar surface area (TPSA) is 50.4 Å². The maximum absolute atomic E-state index is 12.7. The number of urea groups is 1. The first-order valence-electron chi connectivity index (χ1n) is 7.82. The molecule has 2 aromatic carbocycles. The summed E-state index contributed by atoms with van der Waals surface area (Å²) in [6.45, 7) is 0.761. The van der Waals surface area contributed by atoms with E-state index in [1.54, 1.807) is 0 Å². The highest BCUT2D eigenvalue weighted by Gasteiger charge is 2.30. The molecule has 2 amide bonds. The number of anilines is 1. The summed E-state index contributed by atoms with van der Waals surface area (Å²) in [6.07, 6.45) is -3.93. The largest absolute Gasteiger partial charge is 0.416 e. The maximum atomic E-state index is 12.7.